The smallest absolute Gasteiger partial charge is 0.390 e. The first-order valence-electron chi connectivity index (χ1n) is 7.57. The predicted molar refractivity (Wildman–Crippen MR) is 85.1 cm³/mol. The lowest BCUT2D eigenvalue weighted by atomic mass is 10.2. The molecule has 4 heterocycles. The van der Waals surface area contributed by atoms with Crippen LogP contribution in [0.1, 0.15) is 12.6 Å². The second kappa shape index (κ2) is 6.20. The van der Waals surface area contributed by atoms with Crippen LogP contribution in [0, 0.1) is 0 Å². The molecule has 4 rings (SSSR count). The van der Waals surface area contributed by atoms with Crippen molar-refractivity contribution in [1.82, 2.24) is 23.9 Å². The monoisotopic (exact) mass is 383 g/mol. The number of ether oxygens (including phenoxy) is 1. The van der Waals surface area contributed by atoms with Gasteiger partial charge in [0.2, 0.25) is 5.78 Å². The van der Waals surface area contributed by atoms with E-state index in [0.717, 1.165) is 0 Å². The Hall–Kier alpha value is -2.21. The molecule has 3 aromatic rings. The molecule has 1 aliphatic heterocycles. The van der Waals surface area contributed by atoms with Gasteiger partial charge in [0.15, 0.2) is 11.2 Å². The molecule has 0 radical (unpaired) electrons. The molecule has 138 valence electrons. The van der Waals surface area contributed by atoms with E-state index in [9.17, 15) is 14.5 Å². The molecule has 0 aliphatic carbocycles. The van der Waals surface area contributed by atoms with Gasteiger partial charge < -0.3 is 19.6 Å². The van der Waals surface area contributed by atoms with Crippen molar-refractivity contribution in [3.05, 3.63) is 35.1 Å². The Kier molecular flexibility index (Phi) is 4.10. The highest BCUT2D eigenvalue weighted by atomic mass is 31.2. The summed E-state index contributed by atoms with van der Waals surface area (Å²) in [5, 5.41) is 10.1. The second-order valence-electron chi connectivity index (χ2n) is 5.75. The molecule has 0 amide bonds. The summed E-state index contributed by atoms with van der Waals surface area (Å²) in [6.07, 6.45) is 1.83. The van der Waals surface area contributed by atoms with E-state index in [1.165, 1.54) is 27.7 Å². The molecule has 26 heavy (non-hydrogen) atoms. The van der Waals surface area contributed by atoms with Crippen molar-refractivity contribution >= 4 is 24.8 Å². The average molecular weight is 383 g/mol. The van der Waals surface area contributed by atoms with E-state index in [4.69, 9.17) is 14.5 Å². The van der Waals surface area contributed by atoms with Gasteiger partial charge in [0, 0.05) is 18.8 Å². The highest BCUT2D eigenvalue weighted by Gasteiger charge is 2.37. The number of phosphoric acid groups is 1. The lowest BCUT2D eigenvalue weighted by Crippen LogP contribution is -2.25. The molecule has 13 heteroatoms. The molecular formula is C13H14N5O7P. The van der Waals surface area contributed by atoms with Crippen molar-refractivity contribution in [3.63, 3.8) is 0 Å². The normalized spacial score (nSPS) is 23.9. The molecule has 1 saturated heterocycles. The molecule has 3 N–H and O–H groups in total. The molecule has 3 aromatic heterocycles. The Morgan fingerprint density at radius 1 is 1.38 bits per heavy atom. The summed E-state index contributed by atoms with van der Waals surface area (Å²) in [7, 11) is -4.67. The van der Waals surface area contributed by atoms with Crippen LogP contribution in [-0.4, -0.2) is 57.6 Å². The molecule has 0 saturated carbocycles. The van der Waals surface area contributed by atoms with E-state index in [0.29, 0.717) is 0 Å². The first kappa shape index (κ1) is 17.2. The van der Waals surface area contributed by atoms with Crippen LogP contribution < -0.4 is 5.56 Å². The fraction of sp³-hybridized carbons (Fsp3) is 0.385. The highest BCUT2D eigenvalue weighted by Crippen LogP contribution is 2.38. The van der Waals surface area contributed by atoms with Gasteiger partial charge in [-0.25, -0.2) is 18.9 Å². The van der Waals surface area contributed by atoms with Crippen LogP contribution in [0.15, 0.2) is 29.6 Å². The molecule has 0 spiro atoms. The van der Waals surface area contributed by atoms with Crippen LogP contribution in [0.25, 0.3) is 16.9 Å². The van der Waals surface area contributed by atoms with Gasteiger partial charge in [-0.05, 0) is 6.07 Å². The largest absolute Gasteiger partial charge is 0.469 e. The third kappa shape index (κ3) is 3.03. The van der Waals surface area contributed by atoms with Crippen LogP contribution in [0.3, 0.4) is 0 Å². The minimum atomic E-state index is -4.67. The number of nitrogens with zero attached hydrogens (tertiary/aromatic N) is 5. The molecule has 3 atom stereocenters. The minimum absolute atomic E-state index is 0.114. The van der Waals surface area contributed by atoms with Crippen molar-refractivity contribution < 1.29 is 28.7 Å². The van der Waals surface area contributed by atoms with Crippen molar-refractivity contribution in [1.29, 1.82) is 0 Å². The summed E-state index contributed by atoms with van der Waals surface area (Å²) >= 11 is 0. The van der Waals surface area contributed by atoms with Gasteiger partial charge in [0.25, 0.3) is 5.56 Å². The minimum Gasteiger partial charge on any atom is -0.390 e. The molecule has 3 unspecified atom stereocenters. The van der Waals surface area contributed by atoms with E-state index in [2.05, 4.69) is 19.5 Å². The zero-order valence-electron chi connectivity index (χ0n) is 13.1. The van der Waals surface area contributed by atoms with Crippen LogP contribution >= 0.6 is 7.82 Å². The number of rotatable bonds is 4. The van der Waals surface area contributed by atoms with E-state index in [1.807, 2.05) is 0 Å². The Labute approximate surface area is 144 Å². The third-order valence-corrected chi connectivity index (χ3v) is 4.53. The van der Waals surface area contributed by atoms with Gasteiger partial charge in [-0.3, -0.25) is 13.9 Å². The first-order chi connectivity index (χ1) is 12.3. The number of hydrogen-bond acceptors (Lipinski definition) is 8. The number of aliphatic hydroxyl groups is 1. The van der Waals surface area contributed by atoms with E-state index >= 15 is 0 Å². The molecule has 1 fully saturated rings. The van der Waals surface area contributed by atoms with E-state index < -0.39 is 38.4 Å². The predicted octanol–water partition coefficient (Wildman–Crippen LogP) is -0.803. The fourth-order valence-corrected chi connectivity index (χ4v) is 3.19. The molecular weight excluding hydrogens is 369 g/mol. The average Bonchev–Trinajstić information content (AvgIpc) is 3.16. The lowest BCUT2D eigenvalue weighted by Gasteiger charge is -2.16. The Morgan fingerprint density at radius 2 is 2.19 bits per heavy atom. The molecule has 12 nitrogen and oxygen atoms in total. The maximum atomic E-state index is 12.5. The number of hydrogen-bond donors (Lipinski definition) is 3. The Morgan fingerprint density at radius 3 is 2.96 bits per heavy atom. The van der Waals surface area contributed by atoms with Crippen LogP contribution in [-0.2, 0) is 13.8 Å². The van der Waals surface area contributed by atoms with Crippen molar-refractivity contribution in [2.75, 3.05) is 6.61 Å². The number of aromatic nitrogens is 5. The maximum Gasteiger partial charge on any atom is 0.469 e. The van der Waals surface area contributed by atoms with E-state index in [1.54, 1.807) is 6.07 Å². The topological polar surface area (TPSA) is 161 Å². The number of phosphoric ester groups is 1. The second-order valence-corrected chi connectivity index (χ2v) is 6.99. The molecule has 0 aromatic carbocycles. The van der Waals surface area contributed by atoms with Gasteiger partial charge in [0.05, 0.1) is 19.0 Å². The lowest BCUT2D eigenvalue weighted by molar-refractivity contribution is -0.0424. The zero-order valence-corrected chi connectivity index (χ0v) is 14.0. The SMILES string of the molecule is O=c1c2ncn(C3CC(O)C(COP(=O)(O)O)O3)c2nc2ncccn12. The van der Waals surface area contributed by atoms with Gasteiger partial charge in [0.1, 0.15) is 12.3 Å². The van der Waals surface area contributed by atoms with Gasteiger partial charge in [-0.2, -0.15) is 4.98 Å². The summed E-state index contributed by atoms with van der Waals surface area (Å²) in [5.74, 6) is 0.187. The fourth-order valence-electron chi connectivity index (χ4n) is 2.85. The number of fused-ring (bicyclic) bond motifs is 2. The summed E-state index contributed by atoms with van der Waals surface area (Å²) < 4.78 is 23.6. The Balaban J connectivity index is 1.67. The van der Waals surface area contributed by atoms with Crippen LogP contribution in [0.5, 0.6) is 0 Å². The van der Waals surface area contributed by atoms with Crippen molar-refractivity contribution in [3.8, 4) is 0 Å². The Bertz CT molecular complexity index is 1080. The van der Waals surface area contributed by atoms with Gasteiger partial charge in [-0.15, -0.1) is 0 Å². The standard InChI is InChI=1S/C13H14N5O7P/c19-7-4-9(25-8(7)5-24-26(21,22)23)18-6-15-10-11(18)16-13-14-2-1-3-17(13)12(10)20/h1-3,6-9,19H,4-5H2,(H2,21,22,23). The molecule has 0 bridgehead atoms. The summed E-state index contributed by atoms with van der Waals surface area (Å²) in [4.78, 5) is 42.4. The van der Waals surface area contributed by atoms with Crippen LogP contribution in [0.2, 0.25) is 0 Å². The van der Waals surface area contributed by atoms with Gasteiger partial charge >= 0.3 is 7.82 Å². The van der Waals surface area contributed by atoms with Gasteiger partial charge in [-0.1, -0.05) is 0 Å². The zero-order chi connectivity index (χ0) is 18.5. The quantitative estimate of drug-likeness (QED) is 0.486. The van der Waals surface area contributed by atoms with Crippen molar-refractivity contribution in [2.24, 2.45) is 0 Å². The van der Waals surface area contributed by atoms with E-state index in [-0.39, 0.29) is 23.4 Å². The van der Waals surface area contributed by atoms with Crippen LogP contribution in [0.4, 0.5) is 0 Å². The summed E-state index contributed by atoms with van der Waals surface area (Å²) in [6.45, 7) is -0.477. The summed E-state index contributed by atoms with van der Waals surface area (Å²) in [5.41, 5.74) is -0.0391. The molecule has 1 aliphatic rings. The first-order valence-corrected chi connectivity index (χ1v) is 9.10. The number of imidazole rings is 1. The summed E-state index contributed by atoms with van der Waals surface area (Å²) in [6, 6.07) is 1.60. The maximum absolute atomic E-state index is 12.5. The highest BCUT2D eigenvalue weighted by molar-refractivity contribution is 7.46. The third-order valence-electron chi connectivity index (χ3n) is 4.04. The number of aliphatic hydroxyl groups excluding tert-OH is 1. The van der Waals surface area contributed by atoms with Crippen molar-refractivity contribution in [2.45, 2.75) is 24.9 Å².